The molecule has 0 amide bonds. The van der Waals surface area contributed by atoms with Crippen LogP contribution in [0.15, 0.2) is 0 Å². The number of aliphatic hydroxyl groups is 2. The molecule has 1 saturated heterocycles. The van der Waals surface area contributed by atoms with Gasteiger partial charge in [0, 0.05) is 6.42 Å². The molecule has 1 aliphatic rings. The predicted molar refractivity (Wildman–Crippen MR) is 33.8 cm³/mol. The van der Waals surface area contributed by atoms with Crippen LogP contribution in [0, 0.1) is 0 Å². The van der Waals surface area contributed by atoms with E-state index in [4.69, 9.17) is 20.1 Å². The van der Waals surface area contributed by atoms with Gasteiger partial charge in [0.15, 0.2) is 6.29 Å². The van der Waals surface area contributed by atoms with E-state index in [-0.39, 0.29) is 12.8 Å². The van der Waals surface area contributed by atoms with E-state index in [2.05, 4.69) is 0 Å². The lowest BCUT2D eigenvalue weighted by Crippen LogP contribution is -2.19. The second-order valence-electron chi connectivity index (χ2n) is 2.55. The highest BCUT2D eigenvalue weighted by Gasteiger charge is 2.33. The molecule has 5 heteroatoms. The van der Waals surface area contributed by atoms with Gasteiger partial charge in [-0.3, -0.25) is 4.79 Å². The number of carboxylic acids is 1. The van der Waals surface area contributed by atoms with E-state index in [1.54, 1.807) is 0 Å². The molecule has 0 aliphatic carbocycles. The topological polar surface area (TPSA) is 87.0 Å². The van der Waals surface area contributed by atoms with Gasteiger partial charge >= 0.3 is 5.97 Å². The first kappa shape index (κ1) is 8.45. The quantitative estimate of drug-likeness (QED) is 0.481. The highest BCUT2D eigenvalue weighted by molar-refractivity contribution is 5.67. The number of carbonyl (C=O) groups is 1. The standard InChI is InChI=1S/C6H10O5/c7-4-1-3(2-5(8)9)11-6(4)10/h3-4,6-7,10H,1-2H2,(H,8,9)/t3-,4+,6+/m0/s1. The van der Waals surface area contributed by atoms with Crippen LogP contribution >= 0.6 is 0 Å². The zero-order valence-corrected chi connectivity index (χ0v) is 5.80. The lowest BCUT2D eigenvalue weighted by Gasteiger charge is -2.05. The molecule has 0 unspecified atom stereocenters. The molecule has 0 bridgehead atoms. The van der Waals surface area contributed by atoms with Crippen molar-refractivity contribution in [1.82, 2.24) is 0 Å². The highest BCUT2D eigenvalue weighted by atomic mass is 16.6. The summed E-state index contributed by atoms with van der Waals surface area (Å²) in [5.74, 6) is -0.990. The Morgan fingerprint density at radius 1 is 1.55 bits per heavy atom. The molecule has 3 atom stereocenters. The number of hydrogen-bond donors (Lipinski definition) is 3. The molecule has 1 rings (SSSR count). The average molecular weight is 162 g/mol. The molecule has 11 heavy (non-hydrogen) atoms. The zero-order valence-electron chi connectivity index (χ0n) is 5.80. The fourth-order valence-electron chi connectivity index (χ4n) is 1.06. The number of ether oxygens (including phenoxy) is 1. The van der Waals surface area contributed by atoms with Crippen molar-refractivity contribution in [3.63, 3.8) is 0 Å². The predicted octanol–water partition coefficient (Wildman–Crippen LogP) is -1.07. The van der Waals surface area contributed by atoms with E-state index < -0.39 is 24.5 Å². The molecular formula is C6H10O5. The number of rotatable bonds is 2. The van der Waals surface area contributed by atoms with Crippen molar-refractivity contribution < 1.29 is 24.9 Å². The zero-order chi connectivity index (χ0) is 8.43. The first-order chi connectivity index (χ1) is 5.09. The summed E-state index contributed by atoms with van der Waals surface area (Å²) in [5.41, 5.74) is 0. The van der Waals surface area contributed by atoms with Gasteiger partial charge in [-0.25, -0.2) is 0 Å². The Morgan fingerprint density at radius 2 is 2.18 bits per heavy atom. The minimum absolute atomic E-state index is 0.172. The second-order valence-corrected chi connectivity index (χ2v) is 2.55. The van der Waals surface area contributed by atoms with Crippen LogP contribution in [0.1, 0.15) is 12.8 Å². The molecule has 5 nitrogen and oxygen atoms in total. The summed E-state index contributed by atoms with van der Waals surface area (Å²) in [6.45, 7) is 0. The van der Waals surface area contributed by atoms with E-state index in [1.165, 1.54) is 0 Å². The largest absolute Gasteiger partial charge is 0.481 e. The van der Waals surface area contributed by atoms with Crippen molar-refractivity contribution >= 4 is 5.97 Å². The van der Waals surface area contributed by atoms with Gasteiger partial charge in [-0.2, -0.15) is 0 Å². The Balaban J connectivity index is 2.35. The van der Waals surface area contributed by atoms with Gasteiger partial charge in [0.05, 0.1) is 12.5 Å². The van der Waals surface area contributed by atoms with E-state index in [1.807, 2.05) is 0 Å². The van der Waals surface area contributed by atoms with Gasteiger partial charge in [-0.05, 0) is 0 Å². The number of hydrogen-bond acceptors (Lipinski definition) is 4. The van der Waals surface area contributed by atoms with Crippen molar-refractivity contribution in [2.24, 2.45) is 0 Å². The molecule has 0 saturated carbocycles. The summed E-state index contributed by atoms with van der Waals surface area (Å²) in [6.07, 6.45) is -2.71. The number of aliphatic carboxylic acids is 1. The summed E-state index contributed by atoms with van der Waals surface area (Å²) >= 11 is 0. The van der Waals surface area contributed by atoms with E-state index in [0.717, 1.165) is 0 Å². The molecular weight excluding hydrogens is 152 g/mol. The van der Waals surface area contributed by atoms with Gasteiger partial charge in [0.2, 0.25) is 0 Å². The molecule has 0 radical (unpaired) electrons. The van der Waals surface area contributed by atoms with E-state index in [0.29, 0.717) is 0 Å². The molecule has 1 heterocycles. The summed E-state index contributed by atoms with van der Waals surface area (Å²) in [4.78, 5) is 10.1. The van der Waals surface area contributed by atoms with Crippen LogP contribution in [0.4, 0.5) is 0 Å². The van der Waals surface area contributed by atoms with Gasteiger partial charge in [-0.1, -0.05) is 0 Å². The van der Waals surface area contributed by atoms with Gasteiger partial charge in [-0.15, -0.1) is 0 Å². The van der Waals surface area contributed by atoms with E-state index >= 15 is 0 Å². The van der Waals surface area contributed by atoms with E-state index in [9.17, 15) is 4.79 Å². The van der Waals surface area contributed by atoms with Crippen molar-refractivity contribution in [2.45, 2.75) is 31.3 Å². The molecule has 1 fully saturated rings. The van der Waals surface area contributed by atoms with Gasteiger partial charge < -0.3 is 20.1 Å². The van der Waals surface area contributed by atoms with Gasteiger partial charge in [0.25, 0.3) is 0 Å². The molecule has 1 aliphatic heterocycles. The fraction of sp³-hybridized carbons (Fsp3) is 0.833. The van der Waals surface area contributed by atoms with Crippen LogP contribution in [0.2, 0.25) is 0 Å². The Morgan fingerprint density at radius 3 is 2.55 bits per heavy atom. The second kappa shape index (κ2) is 3.17. The average Bonchev–Trinajstić information content (AvgIpc) is 2.10. The molecule has 0 aromatic carbocycles. The fourth-order valence-corrected chi connectivity index (χ4v) is 1.06. The molecule has 0 aromatic heterocycles. The number of carboxylic acid groups (broad SMARTS) is 1. The summed E-state index contributed by atoms with van der Waals surface area (Å²) in [6, 6.07) is 0. The maximum Gasteiger partial charge on any atom is 0.305 e. The highest BCUT2D eigenvalue weighted by Crippen LogP contribution is 2.20. The van der Waals surface area contributed by atoms with Crippen molar-refractivity contribution in [1.29, 1.82) is 0 Å². The first-order valence-electron chi connectivity index (χ1n) is 3.33. The Kier molecular flexibility index (Phi) is 2.43. The van der Waals surface area contributed by atoms with Crippen LogP contribution in [0.5, 0.6) is 0 Å². The smallest absolute Gasteiger partial charge is 0.305 e. The third kappa shape index (κ3) is 2.14. The molecule has 0 aromatic rings. The summed E-state index contributed by atoms with van der Waals surface area (Å²) in [5, 5.41) is 26.0. The molecule has 64 valence electrons. The lowest BCUT2D eigenvalue weighted by atomic mass is 10.1. The van der Waals surface area contributed by atoms with Crippen molar-refractivity contribution in [3.05, 3.63) is 0 Å². The van der Waals surface area contributed by atoms with Crippen LogP contribution in [-0.4, -0.2) is 39.8 Å². The van der Waals surface area contributed by atoms with Gasteiger partial charge in [0.1, 0.15) is 6.10 Å². The van der Waals surface area contributed by atoms with Crippen molar-refractivity contribution in [3.8, 4) is 0 Å². The Hall–Kier alpha value is -0.650. The first-order valence-corrected chi connectivity index (χ1v) is 3.33. The minimum Gasteiger partial charge on any atom is -0.481 e. The Labute approximate surface area is 63.2 Å². The SMILES string of the molecule is O=C(O)C[C@@H]1C[C@@H](O)[C@H](O)O1. The normalized spacial score (nSPS) is 37.5. The number of aliphatic hydroxyl groups excluding tert-OH is 2. The maximum absolute atomic E-state index is 10.1. The van der Waals surface area contributed by atoms with Crippen LogP contribution in [-0.2, 0) is 9.53 Å². The molecule has 0 spiro atoms. The van der Waals surface area contributed by atoms with Crippen LogP contribution < -0.4 is 0 Å². The monoisotopic (exact) mass is 162 g/mol. The third-order valence-corrected chi connectivity index (χ3v) is 1.57. The maximum atomic E-state index is 10.1. The minimum atomic E-state index is -1.22. The Bertz CT molecular complexity index is 147. The lowest BCUT2D eigenvalue weighted by molar-refractivity contribution is -0.147. The van der Waals surface area contributed by atoms with Crippen LogP contribution in [0.25, 0.3) is 0 Å². The summed E-state index contributed by atoms with van der Waals surface area (Å²) in [7, 11) is 0. The molecule has 3 N–H and O–H groups in total. The van der Waals surface area contributed by atoms with Crippen molar-refractivity contribution in [2.75, 3.05) is 0 Å². The van der Waals surface area contributed by atoms with Crippen LogP contribution in [0.3, 0.4) is 0 Å². The summed E-state index contributed by atoms with van der Waals surface area (Å²) < 4.78 is 4.71. The third-order valence-electron chi connectivity index (χ3n) is 1.57.